The number of anilines is 3. The van der Waals surface area contributed by atoms with Crippen LogP contribution in [0.15, 0.2) is 53.1 Å². The van der Waals surface area contributed by atoms with Crippen molar-refractivity contribution < 1.29 is 0 Å². The molecular weight excluding hydrogens is 388 g/mol. The van der Waals surface area contributed by atoms with Crippen LogP contribution in [0.1, 0.15) is 19.4 Å². The summed E-state index contributed by atoms with van der Waals surface area (Å²) in [5.41, 5.74) is 4.93. The normalized spacial score (nSPS) is 13.8. The Bertz CT molecular complexity index is 1030. The van der Waals surface area contributed by atoms with Crippen molar-refractivity contribution in [2.75, 3.05) is 23.5 Å². The molecule has 130 valence electrons. The summed E-state index contributed by atoms with van der Waals surface area (Å²) in [6, 6.07) is 16.8. The molecule has 0 amide bonds. The van der Waals surface area contributed by atoms with Gasteiger partial charge < -0.3 is 9.80 Å². The minimum absolute atomic E-state index is 0.486. The van der Waals surface area contributed by atoms with Crippen molar-refractivity contribution in [3.63, 3.8) is 0 Å². The molecule has 4 nitrogen and oxygen atoms in total. The maximum Gasteiger partial charge on any atom is 0.0950 e. The minimum Gasteiger partial charge on any atom is -0.354 e. The van der Waals surface area contributed by atoms with Crippen molar-refractivity contribution in [1.82, 2.24) is 4.98 Å². The zero-order valence-corrected chi connectivity index (χ0v) is 16.6. The summed E-state index contributed by atoms with van der Waals surface area (Å²) < 4.78 is 1.04. The topological polar surface area (TPSA) is 43.2 Å². The first-order valence-electron chi connectivity index (χ1n) is 8.49. The highest BCUT2D eigenvalue weighted by Crippen LogP contribution is 2.44. The molecule has 0 aliphatic carbocycles. The number of fused-ring (bicyclic) bond motifs is 3. The number of nitrogens with zero attached hydrogens (tertiary/aromatic N) is 4. The van der Waals surface area contributed by atoms with Crippen molar-refractivity contribution in [2.45, 2.75) is 19.3 Å². The van der Waals surface area contributed by atoms with Crippen molar-refractivity contribution in [2.24, 2.45) is 0 Å². The average Bonchev–Trinajstić information content (AvgIpc) is 2.99. The van der Waals surface area contributed by atoms with E-state index in [4.69, 9.17) is 0 Å². The number of hydrogen-bond donors (Lipinski definition) is 0. The predicted octanol–water partition coefficient (Wildman–Crippen LogP) is 5.34. The van der Waals surface area contributed by atoms with E-state index < -0.39 is 5.41 Å². The van der Waals surface area contributed by atoms with Crippen LogP contribution in [0.5, 0.6) is 0 Å². The van der Waals surface area contributed by atoms with Gasteiger partial charge >= 0.3 is 0 Å². The number of halogens is 1. The summed E-state index contributed by atoms with van der Waals surface area (Å²) in [7, 11) is 2.08. The van der Waals surface area contributed by atoms with E-state index in [9.17, 15) is 5.26 Å². The molecule has 0 fully saturated rings. The number of nitriles is 1. The second kappa shape index (κ2) is 6.00. The van der Waals surface area contributed by atoms with Crippen LogP contribution in [0, 0.1) is 11.3 Å². The number of hydrogen-bond acceptors (Lipinski definition) is 4. The Hall–Kier alpha value is -2.58. The van der Waals surface area contributed by atoms with E-state index in [0.29, 0.717) is 0 Å². The highest BCUT2D eigenvalue weighted by Gasteiger charge is 2.28. The molecule has 0 N–H and O–H groups in total. The Morgan fingerprint density at radius 1 is 1.15 bits per heavy atom. The fraction of sp³-hybridized carbons (Fsp3) is 0.238. The highest BCUT2D eigenvalue weighted by atomic mass is 79.9. The molecule has 0 bridgehead atoms. The van der Waals surface area contributed by atoms with Crippen LogP contribution in [0.25, 0.3) is 10.9 Å². The van der Waals surface area contributed by atoms with E-state index in [2.05, 4.69) is 74.2 Å². The van der Waals surface area contributed by atoms with Gasteiger partial charge in [-0.1, -0.05) is 28.1 Å². The van der Waals surface area contributed by atoms with Gasteiger partial charge in [-0.25, -0.2) is 0 Å². The van der Waals surface area contributed by atoms with Crippen LogP contribution in [-0.2, 0) is 5.41 Å². The van der Waals surface area contributed by atoms with Gasteiger partial charge in [0.25, 0.3) is 0 Å². The number of aromatic nitrogens is 1. The molecule has 2 aromatic carbocycles. The molecule has 1 aromatic heterocycles. The largest absolute Gasteiger partial charge is 0.354 e. The molecular formula is C21H19BrN4. The zero-order valence-electron chi connectivity index (χ0n) is 15.0. The molecule has 0 unspecified atom stereocenters. The summed E-state index contributed by atoms with van der Waals surface area (Å²) in [4.78, 5) is 9.11. The van der Waals surface area contributed by atoms with E-state index in [-0.39, 0.29) is 0 Å². The lowest BCUT2D eigenvalue weighted by atomic mass is 9.86. The van der Waals surface area contributed by atoms with Crippen LogP contribution >= 0.6 is 15.9 Å². The van der Waals surface area contributed by atoms with Gasteiger partial charge in [0.1, 0.15) is 0 Å². The van der Waals surface area contributed by atoms with Gasteiger partial charge in [-0.2, -0.15) is 5.26 Å². The highest BCUT2D eigenvalue weighted by molar-refractivity contribution is 9.10. The summed E-state index contributed by atoms with van der Waals surface area (Å²) in [5, 5.41) is 10.5. The second-order valence-corrected chi connectivity index (χ2v) is 8.12. The molecule has 1 aliphatic rings. The molecule has 0 saturated carbocycles. The Labute approximate surface area is 161 Å². The number of rotatable bonds is 2. The Morgan fingerprint density at radius 2 is 1.88 bits per heavy atom. The van der Waals surface area contributed by atoms with Crippen LogP contribution in [0.2, 0.25) is 0 Å². The van der Waals surface area contributed by atoms with E-state index in [1.54, 1.807) is 0 Å². The van der Waals surface area contributed by atoms with Crippen LogP contribution in [0.4, 0.5) is 17.1 Å². The summed E-state index contributed by atoms with van der Waals surface area (Å²) >= 11 is 3.58. The molecule has 26 heavy (non-hydrogen) atoms. The molecule has 5 heteroatoms. The van der Waals surface area contributed by atoms with Crippen molar-refractivity contribution >= 4 is 43.9 Å². The Balaban J connectivity index is 1.84. The summed E-state index contributed by atoms with van der Waals surface area (Å²) in [6.07, 6.45) is 1.94. The lowest BCUT2D eigenvalue weighted by Crippen LogP contribution is -2.24. The van der Waals surface area contributed by atoms with Crippen molar-refractivity contribution in [3.05, 3.63) is 58.7 Å². The van der Waals surface area contributed by atoms with Crippen LogP contribution < -0.4 is 9.80 Å². The zero-order chi connectivity index (χ0) is 18.5. The maximum atomic E-state index is 9.36. The van der Waals surface area contributed by atoms with E-state index >= 15 is 0 Å². The van der Waals surface area contributed by atoms with Crippen molar-refractivity contribution in [1.29, 1.82) is 5.26 Å². The molecule has 0 spiro atoms. The van der Waals surface area contributed by atoms with Gasteiger partial charge in [-0.3, -0.25) is 4.98 Å². The second-order valence-electron chi connectivity index (χ2n) is 7.20. The van der Waals surface area contributed by atoms with Gasteiger partial charge in [-0.05, 0) is 49.7 Å². The number of pyridine rings is 1. The summed E-state index contributed by atoms with van der Waals surface area (Å²) in [6.45, 7) is 4.65. The fourth-order valence-corrected chi connectivity index (χ4v) is 3.76. The maximum absolute atomic E-state index is 9.36. The standard InChI is InChI=1S/C21H19BrN4/c1-21(2,12-23)14-4-7-16(8-5-14)26-13-25(3)19-11-24-18-9-6-15(22)10-17(18)20(19)26/h4-11H,13H2,1-3H3. The lowest BCUT2D eigenvalue weighted by Gasteiger charge is -2.22. The molecule has 4 rings (SSSR count). The average molecular weight is 407 g/mol. The lowest BCUT2D eigenvalue weighted by molar-refractivity contribution is 0.687. The minimum atomic E-state index is -0.486. The van der Waals surface area contributed by atoms with Crippen LogP contribution in [-0.4, -0.2) is 18.7 Å². The summed E-state index contributed by atoms with van der Waals surface area (Å²) in [5.74, 6) is 0. The van der Waals surface area contributed by atoms with Gasteiger partial charge in [0, 0.05) is 22.6 Å². The van der Waals surface area contributed by atoms with Gasteiger partial charge in [0.15, 0.2) is 0 Å². The Morgan fingerprint density at radius 3 is 2.58 bits per heavy atom. The van der Waals surface area contributed by atoms with Gasteiger partial charge in [0.2, 0.25) is 0 Å². The third kappa shape index (κ3) is 2.62. The quantitative estimate of drug-likeness (QED) is 0.575. The first-order valence-corrected chi connectivity index (χ1v) is 9.29. The third-order valence-corrected chi connectivity index (χ3v) is 5.49. The molecule has 3 aromatic rings. The van der Waals surface area contributed by atoms with E-state index in [1.165, 1.54) is 5.69 Å². The van der Waals surface area contributed by atoms with Crippen molar-refractivity contribution in [3.8, 4) is 6.07 Å². The monoisotopic (exact) mass is 406 g/mol. The SMILES string of the molecule is CN1CN(c2ccc(C(C)(C)C#N)cc2)c2c1cnc1ccc(Br)cc21. The molecule has 0 radical (unpaired) electrons. The molecule has 0 atom stereocenters. The van der Waals surface area contributed by atoms with E-state index in [0.717, 1.165) is 39.0 Å². The first kappa shape index (κ1) is 16.9. The number of benzene rings is 2. The van der Waals surface area contributed by atoms with Crippen LogP contribution in [0.3, 0.4) is 0 Å². The molecule has 0 saturated heterocycles. The van der Waals surface area contributed by atoms with Gasteiger partial charge in [0.05, 0.1) is 41.2 Å². The third-order valence-electron chi connectivity index (χ3n) is 5.00. The van der Waals surface area contributed by atoms with Gasteiger partial charge in [-0.15, -0.1) is 0 Å². The fourth-order valence-electron chi connectivity index (χ4n) is 3.40. The molecule has 2 heterocycles. The molecule has 1 aliphatic heterocycles. The first-order chi connectivity index (χ1) is 12.4. The Kier molecular flexibility index (Phi) is 3.89. The smallest absolute Gasteiger partial charge is 0.0950 e. The predicted molar refractivity (Wildman–Crippen MR) is 110 cm³/mol. The van der Waals surface area contributed by atoms with E-state index in [1.807, 2.05) is 32.2 Å².